The van der Waals surface area contributed by atoms with Crippen molar-refractivity contribution in [2.75, 3.05) is 7.11 Å². The van der Waals surface area contributed by atoms with E-state index >= 15 is 0 Å². The first-order chi connectivity index (χ1) is 10.6. The van der Waals surface area contributed by atoms with Crippen molar-refractivity contribution in [2.45, 2.75) is 25.4 Å². The van der Waals surface area contributed by atoms with E-state index in [2.05, 4.69) is 62.4 Å². The zero-order chi connectivity index (χ0) is 15.3. The molecule has 1 atom stereocenters. The standard InChI is InChI=1S/C20H19NO/c1-20(2)16-10-6-5-9-14(16)18(22-3)15-12-13-8-4-7-11-17(13)21-19(15)20/h4-12,18H,1-3H3. The summed E-state index contributed by atoms with van der Waals surface area (Å²) in [6.45, 7) is 4.50. The maximum atomic E-state index is 5.85. The lowest BCUT2D eigenvalue weighted by Crippen LogP contribution is -2.31. The smallest absolute Gasteiger partial charge is 0.109 e. The summed E-state index contributed by atoms with van der Waals surface area (Å²) in [4.78, 5) is 4.99. The van der Waals surface area contributed by atoms with Gasteiger partial charge in [0.1, 0.15) is 6.10 Å². The van der Waals surface area contributed by atoms with Gasteiger partial charge in [-0.2, -0.15) is 0 Å². The Kier molecular flexibility index (Phi) is 2.85. The number of rotatable bonds is 1. The van der Waals surface area contributed by atoms with E-state index in [-0.39, 0.29) is 11.5 Å². The maximum Gasteiger partial charge on any atom is 0.109 e. The zero-order valence-corrected chi connectivity index (χ0v) is 13.1. The summed E-state index contributed by atoms with van der Waals surface area (Å²) < 4.78 is 5.85. The number of hydrogen-bond acceptors (Lipinski definition) is 2. The van der Waals surface area contributed by atoms with Crippen LogP contribution < -0.4 is 0 Å². The third kappa shape index (κ3) is 1.74. The van der Waals surface area contributed by atoms with Crippen LogP contribution in [0.1, 0.15) is 42.3 Å². The van der Waals surface area contributed by atoms with Gasteiger partial charge in [-0.1, -0.05) is 56.3 Å². The molecule has 110 valence electrons. The van der Waals surface area contributed by atoms with Crippen molar-refractivity contribution in [2.24, 2.45) is 0 Å². The number of ether oxygens (including phenoxy) is 1. The average molecular weight is 289 g/mol. The van der Waals surface area contributed by atoms with Crippen molar-refractivity contribution >= 4 is 10.9 Å². The zero-order valence-electron chi connectivity index (χ0n) is 13.1. The Morgan fingerprint density at radius 3 is 2.50 bits per heavy atom. The fourth-order valence-electron chi connectivity index (χ4n) is 3.68. The fraction of sp³-hybridized carbons (Fsp3) is 0.250. The van der Waals surface area contributed by atoms with E-state index in [4.69, 9.17) is 9.72 Å². The third-order valence-electron chi connectivity index (χ3n) is 4.78. The second kappa shape index (κ2) is 4.65. The van der Waals surface area contributed by atoms with E-state index in [1.807, 2.05) is 6.07 Å². The minimum absolute atomic E-state index is 0.0451. The van der Waals surface area contributed by atoms with Crippen molar-refractivity contribution in [3.8, 4) is 0 Å². The molecule has 4 rings (SSSR count). The predicted molar refractivity (Wildman–Crippen MR) is 89.2 cm³/mol. The summed E-state index contributed by atoms with van der Waals surface area (Å²) in [6, 6.07) is 19.1. The molecule has 2 aromatic carbocycles. The Labute approximate surface area is 130 Å². The van der Waals surface area contributed by atoms with E-state index in [0.717, 1.165) is 11.2 Å². The lowest BCUT2D eigenvalue weighted by molar-refractivity contribution is 0.129. The first-order valence-corrected chi connectivity index (χ1v) is 7.65. The number of nitrogens with zero attached hydrogens (tertiary/aromatic N) is 1. The van der Waals surface area contributed by atoms with Crippen molar-refractivity contribution in [3.63, 3.8) is 0 Å². The number of fused-ring (bicyclic) bond motifs is 3. The van der Waals surface area contributed by atoms with Crippen molar-refractivity contribution in [1.29, 1.82) is 0 Å². The van der Waals surface area contributed by atoms with Crippen LogP contribution in [-0.2, 0) is 10.2 Å². The molecule has 0 N–H and O–H groups in total. The van der Waals surface area contributed by atoms with Gasteiger partial charge in [-0.15, -0.1) is 0 Å². The predicted octanol–water partition coefficient (Wildman–Crippen LogP) is 4.61. The van der Waals surface area contributed by atoms with Crippen LogP contribution >= 0.6 is 0 Å². The number of para-hydroxylation sites is 1. The molecule has 0 spiro atoms. The SMILES string of the molecule is COC1c2ccccc2C(C)(C)c2nc3ccccc3cc21. The number of hydrogen-bond donors (Lipinski definition) is 0. The van der Waals surface area contributed by atoms with Gasteiger partial charge in [-0.25, -0.2) is 0 Å². The average Bonchev–Trinajstić information content (AvgIpc) is 2.54. The molecular formula is C20H19NO. The Balaban J connectivity index is 2.08. The molecule has 22 heavy (non-hydrogen) atoms. The van der Waals surface area contributed by atoms with Crippen LogP contribution in [0.4, 0.5) is 0 Å². The topological polar surface area (TPSA) is 22.1 Å². The van der Waals surface area contributed by atoms with Crippen LogP contribution in [0.2, 0.25) is 0 Å². The highest BCUT2D eigenvalue weighted by molar-refractivity contribution is 5.80. The van der Waals surface area contributed by atoms with Crippen LogP contribution in [0.5, 0.6) is 0 Å². The minimum Gasteiger partial charge on any atom is -0.372 e. The van der Waals surface area contributed by atoms with E-state index in [1.54, 1.807) is 7.11 Å². The lowest BCUT2D eigenvalue weighted by Gasteiger charge is -2.38. The lowest BCUT2D eigenvalue weighted by atomic mass is 9.70. The molecule has 1 aliphatic rings. The number of methoxy groups -OCH3 is 1. The molecule has 0 saturated heterocycles. The molecule has 1 aliphatic carbocycles. The summed E-state index contributed by atoms with van der Waals surface area (Å²) in [7, 11) is 1.78. The summed E-state index contributed by atoms with van der Waals surface area (Å²) in [5.74, 6) is 0. The van der Waals surface area contributed by atoms with Gasteiger partial charge >= 0.3 is 0 Å². The molecule has 0 radical (unpaired) electrons. The summed E-state index contributed by atoms with van der Waals surface area (Å²) in [5.41, 5.74) is 5.78. The van der Waals surface area contributed by atoms with Crippen molar-refractivity contribution in [1.82, 2.24) is 4.98 Å². The molecule has 0 fully saturated rings. The second-order valence-electron chi connectivity index (χ2n) is 6.45. The van der Waals surface area contributed by atoms with E-state index in [9.17, 15) is 0 Å². The molecule has 1 heterocycles. The van der Waals surface area contributed by atoms with Gasteiger partial charge in [0.2, 0.25) is 0 Å². The highest BCUT2D eigenvalue weighted by atomic mass is 16.5. The quantitative estimate of drug-likeness (QED) is 0.652. The maximum absolute atomic E-state index is 5.85. The highest BCUT2D eigenvalue weighted by Gasteiger charge is 2.38. The third-order valence-corrected chi connectivity index (χ3v) is 4.78. The molecule has 0 bridgehead atoms. The summed E-state index contributed by atoms with van der Waals surface area (Å²) in [6.07, 6.45) is -0.0451. The Bertz CT molecular complexity index is 866. The molecule has 2 heteroatoms. The minimum atomic E-state index is -0.120. The second-order valence-corrected chi connectivity index (χ2v) is 6.45. The van der Waals surface area contributed by atoms with Gasteiger partial charge < -0.3 is 4.74 Å². The first kappa shape index (κ1) is 13.5. The molecule has 0 amide bonds. The fourth-order valence-corrected chi connectivity index (χ4v) is 3.68. The molecule has 3 aromatic rings. The van der Waals surface area contributed by atoms with Crippen LogP contribution in [0.15, 0.2) is 54.6 Å². The van der Waals surface area contributed by atoms with E-state index < -0.39 is 0 Å². The normalized spacial score (nSPS) is 18.8. The van der Waals surface area contributed by atoms with Crippen LogP contribution in [0.3, 0.4) is 0 Å². The van der Waals surface area contributed by atoms with Gasteiger partial charge in [-0.3, -0.25) is 4.98 Å². The molecule has 1 aromatic heterocycles. The Morgan fingerprint density at radius 2 is 1.68 bits per heavy atom. The van der Waals surface area contributed by atoms with E-state index in [1.165, 1.54) is 22.1 Å². The highest BCUT2D eigenvalue weighted by Crippen LogP contribution is 2.46. The van der Waals surface area contributed by atoms with Crippen LogP contribution in [0, 0.1) is 0 Å². The van der Waals surface area contributed by atoms with Crippen LogP contribution in [0.25, 0.3) is 10.9 Å². The molecule has 1 unspecified atom stereocenters. The van der Waals surface area contributed by atoms with Gasteiger partial charge in [0, 0.05) is 23.5 Å². The first-order valence-electron chi connectivity index (χ1n) is 7.65. The van der Waals surface area contributed by atoms with Gasteiger partial charge in [0.05, 0.1) is 11.2 Å². The largest absolute Gasteiger partial charge is 0.372 e. The van der Waals surface area contributed by atoms with Gasteiger partial charge in [0.15, 0.2) is 0 Å². The van der Waals surface area contributed by atoms with Crippen molar-refractivity contribution in [3.05, 3.63) is 77.0 Å². The van der Waals surface area contributed by atoms with E-state index in [0.29, 0.717) is 0 Å². The monoisotopic (exact) mass is 289 g/mol. The summed E-state index contributed by atoms with van der Waals surface area (Å²) in [5, 5.41) is 1.17. The van der Waals surface area contributed by atoms with Gasteiger partial charge in [-0.05, 0) is 23.3 Å². The summed E-state index contributed by atoms with van der Waals surface area (Å²) >= 11 is 0. The molecular weight excluding hydrogens is 270 g/mol. The molecule has 2 nitrogen and oxygen atoms in total. The Hall–Kier alpha value is -2.19. The van der Waals surface area contributed by atoms with Gasteiger partial charge in [0.25, 0.3) is 0 Å². The molecule has 0 aliphatic heterocycles. The molecule has 0 saturated carbocycles. The number of pyridine rings is 1. The van der Waals surface area contributed by atoms with Crippen molar-refractivity contribution < 1.29 is 4.74 Å². The number of aromatic nitrogens is 1. The Morgan fingerprint density at radius 1 is 0.955 bits per heavy atom. The van der Waals surface area contributed by atoms with Crippen LogP contribution in [-0.4, -0.2) is 12.1 Å². The number of benzene rings is 2.